The minimum atomic E-state index is -4.99. The summed E-state index contributed by atoms with van der Waals surface area (Å²) in [6, 6.07) is 36.1. The summed E-state index contributed by atoms with van der Waals surface area (Å²) >= 11 is 0. The molecule has 9 heterocycles. The topological polar surface area (TPSA) is 402 Å². The average molecular weight is 1370 g/mol. The number of aromatic nitrogens is 18. The molecular weight excluding hydrogens is 1320 g/mol. The lowest BCUT2D eigenvalue weighted by Gasteiger charge is -2.18. The third-order valence-corrected chi connectivity index (χ3v) is 16.6. The van der Waals surface area contributed by atoms with Gasteiger partial charge in [0.05, 0.1) is 16.6 Å². The normalized spacial score (nSPS) is 11.5. The summed E-state index contributed by atoms with van der Waals surface area (Å²) in [4.78, 5) is 80.9. The molecule has 0 saturated heterocycles. The second-order valence-corrected chi connectivity index (χ2v) is 24.0. The first kappa shape index (κ1) is 63.4. The fourth-order valence-electron chi connectivity index (χ4n) is 10.4. The van der Waals surface area contributed by atoms with Gasteiger partial charge in [0.1, 0.15) is 111 Å². The van der Waals surface area contributed by atoms with Crippen molar-refractivity contribution in [2.24, 2.45) is 0 Å². The monoisotopic (exact) mass is 1370 g/mol. The van der Waals surface area contributed by atoms with E-state index in [2.05, 4.69) is 107 Å². The first-order valence-corrected chi connectivity index (χ1v) is 32.0. The zero-order valence-electron chi connectivity index (χ0n) is 53.0. The summed E-state index contributed by atoms with van der Waals surface area (Å²) in [5.41, 5.74) is 8.49. The average Bonchev–Trinajstić information content (AvgIpc) is 1.83. The third kappa shape index (κ3) is 14.6. The first-order chi connectivity index (χ1) is 49.2. The van der Waals surface area contributed by atoms with Gasteiger partial charge in [-0.15, -0.1) is 30.6 Å². The number of fused-ring (bicyclic) bond motifs is 6. The van der Waals surface area contributed by atoms with Crippen molar-refractivity contribution < 1.29 is 46.7 Å². The lowest BCUT2D eigenvalue weighted by atomic mass is 10.1. The van der Waals surface area contributed by atoms with Crippen molar-refractivity contribution in [2.75, 3.05) is 51.7 Å². The summed E-state index contributed by atoms with van der Waals surface area (Å²) in [5, 5.41) is 43.5. The third-order valence-electron chi connectivity index (χ3n) is 15.3. The molecule has 0 spiro atoms. The van der Waals surface area contributed by atoms with E-state index >= 15 is 0 Å². The zero-order chi connectivity index (χ0) is 69.0. The summed E-state index contributed by atoms with van der Waals surface area (Å²) in [6.07, 6.45) is 13.5. The standard InChI is InChI=1S/C66H51N24O10P/c1-37-16-40(7-13-52(37)98-61-22-55-85-76-34-88(55)31-73-61)82-64-46-19-43(4-10-49(46)67-28-70-64)79-58(91)25-95-101(94,96-26-59(92)80-44-5-11-50-47(20-44)65(71-29-68-50)83-41-8-14-53(38(2)17-41)99-62-23-56-86-77-35-89(56)32-74-62)97-27-60(93)81-45-6-12-51-48(21-45)66(72-30-69-51)84-42-9-15-54(39(3)18-42)100-63-24-57-87-78-36-90(57)33-75-63/h4-24,28-36H,25-27H2,1-3H3,(H,79,91)(H,80,92)(H,81,93)(H,67,70,82)(H,68,71,83)(H,69,72,84). The second-order valence-electron chi connectivity index (χ2n) is 22.4. The predicted molar refractivity (Wildman–Crippen MR) is 366 cm³/mol. The largest absolute Gasteiger partial charge is 0.476 e. The fraction of sp³-hybridized carbons (Fsp3) is 0.0909. The van der Waals surface area contributed by atoms with Crippen molar-refractivity contribution in [3.63, 3.8) is 0 Å². The molecule has 0 fully saturated rings. The van der Waals surface area contributed by atoms with Crippen LogP contribution in [-0.4, -0.2) is 126 Å². The molecule has 500 valence electrons. The number of hydrogen-bond donors (Lipinski definition) is 6. The molecule has 0 saturated carbocycles. The summed E-state index contributed by atoms with van der Waals surface area (Å²) in [6.45, 7) is 2.81. The molecule has 6 aromatic carbocycles. The number of nitrogens with one attached hydrogen (secondary N) is 6. The second kappa shape index (κ2) is 27.4. The number of nitrogens with zero attached hydrogens (tertiary/aromatic N) is 18. The van der Waals surface area contributed by atoms with Crippen molar-refractivity contribution in [1.29, 1.82) is 0 Å². The van der Waals surface area contributed by atoms with E-state index in [0.29, 0.717) is 119 Å². The van der Waals surface area contributed by atoms with E-state index in [1.807, 2.05) is 39.0 Å². The van der Waals surface area contributed by atoms with Crippen molar-refractivity contribution in [2.45, 2.75) is 20.8 Å². The minimum absolute atomic E-state index is 0.277. The Bertz CT molecular complexity index is 5230. The molecule has 15 aromatic rings. The van der Waals surface area contributed by atoms with Gasteiger partial charge < -0.3 is 46.1 Å². The molecule has 35 heteroatoms. The number of anilines is 9. The van der Waals surface area contributed by atoms with Crippen LogP contribution < -0.4 is 46.1 Å². The Balaban J connectivity index is 0.620. The Hall–Kier alpha value is -13.7. The number of hydrogen-bond acceptors (Lipinski definition) is 28. The van der Waals surface area contributed by atoms with Crippen LogP contribution in [0.4, 0.5) is 51.6 Å². The van der Waals surface area contributed by atoms with Crippen LogP contribution in [0.3, 0.4) is 0 Å². The first-order valence-electron chi connectivity index (χ1n) is 30.5. The van der Waals surface area contributed by atoms with Crippen LogP contribution >= 0.6 is 7.82 Å². The Morgan fingerprint density at radius 1 is 0.366 bits per heavy atom. The Labute approximate surface area is 568 Å². The van der Waals surface area contributed by atoms with Gasteiger partial charge in [0, 0.05) is 68.5 Å². The molecule has 0 bridgehead atoms. The number of benzene rings is 6. The lowest BCUT2D eigenvalue weighted by Crippen LogP contribution is -2.23. The van der Waals surface area contributed by atoms with E-state index in [1.165, 1.54) is 38.0 Å². The SMILES string of the molecule is Cc1cc(Nc2ncnc3ccc(NC(=O)COP(=O)(OCC(=O)Nc4ccc5ncnc(Nc6ccc(Oc7cc8nncn8cn7)c(C)c6)c5c4)OCC(=O)Nc4ccc5ncnc(Nc6ccc(Oc7cc8nncn8cn7)c(C)c6)c5c4)cc23)ccc1Oc1cc2nncn2cn1. The molecular formula is C66H51N24O10P. The van der Waals surface area contributed by atoms with E-state index in [1.54, 1.807) is 141 Å². The molecule has 34 nitrogen and oxygen atoms in total. The van der Waals surface area contributed by atoms with E-state index < -0.39 is 45.4 Å². The van der Waals surface area contributed by atoms with Gasteiger partial charge in [0.2, 0.25) is 17.6 Å². The van der Waals surface area contributed by atoms with E-state index in [4.69, 9.17) is 27.8 Å². The highest BCUT2D eigenvalue weighted by Crippen LogP contribution is 2.49. The molecule has 101 heavy (non-hydrogen) atoms. The van der Waals surface area contributed by atoms with Crippen LogP contribution in [0.25, 0.3) is 49.7 Å². The zero-order valence-corrected chi connectivity index (χ0v) is 53.9. The number of phosphoric acid groups is 1. The van der Waals surface area contributed by atoms with Gasteiger partial charge in [0.15, 0.2) is 16.9 Å². The van der Waals surface area contributed by atoms with Crippen molar-refractivity contribution in [3.05, 3.63) is 201 Å². The number of phosphoric ester groups is 1. The Kier molecular flexibility index (Phi) is 17.2. The van der Waals surface area contributed by atoms with Crippen LogP contribution in [0.5, 0.6) is 34.9 Å². The number of amides is 3. The maximum absolute atomic E-state index is 14.7. The summed E-state index contributed by atoms with van der Waals surface area (Å²) in [7, 11) is -4.99. The molecule has 0 aliphatic heterocycles. The van der Waals surface area contributed by atoms with Gasteiger partial charge in [-0.05, 0) is 147 Å². The highest BCUT2D eigenvalue weighted by Gasteiger charge is 2.31. The molecule has 0 unspecified atom stereocenters. The van der Waals surface area contributed by atoms with Crippen LogP contribution in [0.2, 0.25) is 0 Å². The van der Waals surface area contributed by atoms with Crippen molar-refractivity contribution in [3.8, 4) is 34.9 Å². The van der Waals surface area contributed by atoms with Crippen LogP contribution in [0, 0.1) is 20.8 Å². The van der Waals surface area contributed by atoms with Crippen LogP contribution in [-0.2, 0) is 32.5 Å². The smallest absolute Gasteiger partial charge is 0.439 e. The molecule has 15 rings (SSSR count). The van der Waals surface area contributed by atoms with Gasteiger partial charge in [0.25, 0.3) is 17.7 Å². The quantitative estimate of drug-likeness (QED) is 0.0306. The number of rotatable bonds is 24. The van der Waals surface area contributed by atoms with E-state index in [0.717, 1.165) is 16.7 Å². The van der Waals surface area contributed by atoms with Crippen LogP contribution in [0.15, 0.2) is 184 Å². The van der Waals surface area contributed by atoms with E-state index in [-0.39, 0.29) is 17.1 Å². The van der Waals surface area contributed by atoms with Gasteiger partial charge in [-0.3, -0.25) is 41.2 Å². The molecule has 0 atom stereocenters. The highest BCUT2D eigenvalue weighted by atomic mass is 31.2. The Morgan fingerprint density at radius 2 is 0.673 bits per heavy atom. The highest BCUT2D eigenvalue weighted by molar-refractivity contribution is 7.48. The van der Waals surface area contributed by atoms with Crippen molar-refractivity contribution >= 4 is 127 Å². The fourth-order valence-corrected chi connectivity index (χ4v) is 11.4. The van der Waals surface area contributed by atoms with Gasteiger partial charge in [-0.25, -0.2) is 49.4 Å². The summed E-state index contributed by atoms with van der Waals surface area (Å²) < 4.78 is 54.6. The molecule has 6 N–H and O–H groups in total. The van der Waals surface area contributed by atoms with Crippen molar-refractivity contribution in [1.82, 2.24) is 88.6 Å². The molecule has 3 amide bonds. The number of ether oxygens (including phenoxy) is 3. The maximum atomic E-state index is 14.7. The molecule has 9 aromatic heterocycles. The number of carbonyl (C=O) groups is 3. The molecule has 0 radical (unpaired) electrons. The summed E-state index contributed by atoms with van der Waals surface area (Å²) in [5.74, 6) is 1.44. The molecule has 0 aliphatic carbocycles. The number of aryl methyl sites for hydroxylation is 3. The maximum Gasteiger partial charge on any atom is 0.476 e. The van der Waals surface area contributed by atoms with Crippen LogP contribution in [0.1, 0.15) is 16.7 Å². The molecule has 0 aliphatic rings. The number of carbonyl (C=O) groups excluding carboxylic acids is 3. The van der Waals surface area contributed by atoms with E-state index in [9.17, 15) is 18.9 Å². The van der Waals surface area contributed by atoms with Gasteiger partial charge in [-0.1, -0.05) is 0 Å². The predicted octanol–water partition coefficient (Wildman–Crippen LogP) is 10.7. The Morgan fingerprint density at radius 3 is 0.980 bits per heavy atom. The minimum Gasteiger partial charge on any atom is -0.439 e. The van der Waals surface area contributed by atoms with Gasteiger partial charge >= 0.3 is 7.82 Å². The van der Waals surface area contributed by atoms with Gasteiger partial charge in [-0.2, -0.15) is 0 Å². The lowest BCUT2D eigenvalue weighted by molar-refractivity contribution is -0.120.